The number of aryl methyl sites for hydroxylation is 1. The van der Waals surface area contributed by atoms with Gasteiger partial charge >= 0.3 is 0 Å². The Labute approximate surface area is 174 Å². The predicted molar refractivity (Wildman–Crippen MR) is 110 cm³/mol. The van der Waals surface area contributed by atoms with Gasteiger partial charge in [-0.05, 0) is 49.1 Å². The fraction of sp³-hybridized carbons (Fsp3) is 0.318. The van der Waals surface area contributed by atoms with Gasteiger partial charge in [-0.3, -0.25) is 25.2 Å². The fourth-order valence-corrected chi connectivity index (χ4v) is 3.08. The second-order valence-corrected chi connectivity index (χ2v) is 7.48. The predicted octanol–water partition coefficient (Wildman–Crippen LogP) is 2.33. The van der Waals surface area contributed by atoms with Crippen molar-refractivity contribution < 1.29 is 23.9 Å². The number of carbonyl (C=O) groups excluding carboxylic acids is 3. The quantitative estimate of drug-likeness (QED) is 0.633. The van der Waals surface area contributed by atoms with E-state index in [1.165, 1.54) is 6.07 Å². The zero-order valence-electron chi connectivity index (χ0n) is 17.2. The molecule has 8 nitrogen and oxygen atoms in total. The lowest BCUT2D eigenvalue weighted by Gasteiger charge is -2.21. The van der Waals surface area contributed by atoms with Crippen LogP contribution in [0.3, 0.4) is 0 Å². The summed E-state index contributed by atoms with van der Waals surface area (Å²) in [6.07, 6.45) is 0.420. The molecule has 2 aromatic rings. The van der Waals surface area contributed by atoms with Crippen LogP contribution < -0.4 is 25.6 Å². The Morgan fingerprint density at radius 1 is 0.967 bits per heavy atom. The van der Waals surface area contributed by atoms with Crippen LogP contribution in [0, 0.1) is 12.8 Å². The molecule has 0 spiro atoms. The summed E-state index contributed by atoms with van der Waals surface area (Å²) in [5, 5.41) is 2.76. The van der Waals surface area contributed by atoms with Crippen molar-refractivity contribution in [3.8, 4) is 11.5 Å². The zero-order valence-corrected chi connectivity index (χ0v) is 17.2. The van der Waals surface area contributed by atoms with Gasteiger partial charge in [0, 0.05) is 11.1 Å². The lowest BCUT2D eigenvalue weighted by Crippen LogP contribution is -2.52. The van der Waals surface area contributed by atoms with Crippen LogP contribution in [0.25, 0.3) is 0 Å². The van der Waals surface area contributed by atoms with Gasteiger partial charge in [0.2, 0.25) is 6.79 Å². The topological polar surface area (TPSA) is 106 Å². The highest BCUT2D eigenvalue weighted by Crippen LogP contribution is 2.32. The van der Waals surface area contributed by atoms with Crippen LogP contribution in [-0.2, 0) is 4.79 Å². The van der Waals surface area contributed by atoms with Crippen LogP contribution >= 0.6 is 0 Å². The molecule has 1 aliphatic rings. The Bertz CT molecular complexity index is 958. The number of amides is 3. The van der Waals surface area contributed by atoms with Crippen molar-refractivity contribution in [2.75, 3.05) is 6.79 Å². The van der Waals surface area contributed by atoms with Gasteiger partial charge < -0.3 is 14.8 Å². The van der Waals surface area contributed by atoms with E-state index < -0.39 is 17.9 Å². The van der Waals surface area contributed by atoms with Crippen LogP contribution in [0.2, 0.25) is 0 Å². The lowest BCUT2D eigenvalue weighted by molar-refractivity contribution is -0.124. The Balaban J connectivity index is 1.63. The summed E-state index contributed by atoms with van der Waals surface area (Å²) in [5.41, 5.74) is 6.41. The van der Waals surface area contributed by atoms with Crippen molar-refractivity contribution in [1.82, 2.24) is 16.2 Å². The van der Waals surface area contributed by atoms with Crippen LogP contribution in [0.5, 0.6) is 11.5 Å². The van der Waals surface area contributed by atoms with E-state index in [4.69, 9.17) is 9.47 Å². The monoisotopic (exact) mass is 411 g/mol. The molecule has 0 bridgehead atoms. The SMILES string of the molecule is Cc1ccccc1C(=O)N[C@@H](CC(C)C)C(=O)NNC(=O)c1ccc2c(c1)OCO2. The molecule has 3 rings (SSSR count). The first-order valence-electron chi connectivity index (χ1n) is 9.71. The summed E-state index contributed by atoms with van der Waals surface area (Å²) < 4.78 is 10.5. The van der Waals surface area contributed by atoms with Crippen LogP contribution in [0.15, 0.2) is 42.5 Å². The van der Waals surface area contributed by atoms with Crippen molar-refractivity contribution in [2.45, 2.75) is 33.2 Å². The molecule has 1 aliphatic heterocycles. The maximum Gasteiger partial charge on any atom is 0.269 e. The van der Waals surface area contributed by atoms with Crippen molar-refractivity contribution in [3.63, 3.8) is 0 Å². The second-order valence-electron chi connectivity index (χ2n) is 7.48. The summed E-state index contributed by atoms with van der Waals surface area (Å²) in [4.78, 5) is 37.7. The molecule has 1 heterocycles. The minimum atomic E-state index is -0.797. The second kappa shape index (κ2) is 9.30. The van der Waals surface area contributed by atoms with Crippen molar-refractivity contribution in [1.29, 1.82) is 0 Å². The molecule has 30 heavy (non-hydrogen) atoms. The van der Waals surface area contributed by atoms with E-state index in [1.807, 2.05) is 32.9 Å². The summed E-state index contributed by atoms with van der Waals surface area (Å²) in [7, 11) is 0. The van der Waals surface area contributed by atoms with Gasteiger partial charge in [0.25, 0.3) is 17.7 Å². The van der Waals surface area contributed by atoms with Crippen LogP contribution in [0.1, 0.15) is 46.5 Å². The molecular formula is C22H25N3O5. The summed E-state index contributed by atoms with van der Waals surface area (Å²) in [6.45, 7) is 5.84. The highest BCUT2D eigenvalue weighted by Gasteiger charge is 2.24. The first-order chi connectivity index (χ1) is 14.3. The molecule has 0 radical (unpaired) electrons. The number of hydrogen-bond acceptors (Lipinski definition) is 5. The third kappa shape index (κ3) is 5.08. The van der Waals surface area contributed by atoms with E-state index in [1.54, 1.807) is 24.3 Å². The van der Waals surface area contributed by atoms with Gasteiger partial charge in [-0.1, -0.05) is 32.0 Å². The minimum absolute atomic E-state index is 0.106. The first-order valence-corrected chi connectivity index (χ1v) is 9.71. The van der Waals surface area contributed by atoms with Gasteiger partial charge in [0.15, 0.2) is 11.5 Å². The van der Waals surface area contributed by atoms with Gasteiger partial charge in [0.05, 0.1) is 0 Å². The number of nitrogens with one attached hydrogen (secondary N) is 3. The highest BCUT2D eigenvalue weighted by atomic mass is 16.7. The molecule has 0 aliphatic carbocycles. The molecule has 3 amide bonds. The Hall–Kier alpha value is -3.55. The Morgan fingerprint density at radius 2 is 1.70 bits per heavy atom. The Kier molecular flexibility index (Phi) is 6.56. The fourth-order valence-electron chi connectivity index (χ4n) is 3.08. The molecular weight excluding hydrogens is 386 g/mol. The van der Waals surface area contributed by atoms with Crippen molar-refractivity contribution >= 4 is 17.7 Å². The lowest BCUT2D eigenvalue weighted by atomic mass is 10.0. The number of benzene rings is 2. The van der Waals surface area contributed by atoms with Gasteiger partial charge in [-0.15, -0.1) is 0 Å². The molecule has 0 unspecified atom stereocenters. The smallest absolute Gasteiger partial charge is 0.269 e. The third-order valence-electron chi connectivity index (χ3n) is 4.65. The van der Waals surface area contributed by atoms with Crippen LogP contribution in [0.4, 0.5) is 0 Å². The average Bonchev–Trinajstić information content (AvgIpc) is 3.19. The maximum atomic E-state index is 12.7. The average molecular weight is 411 g/mol. The number of ether oxygens (including phenoxy) is 2. The summed E-state index contributed by atoms with van der Waals surface area (Å²) >= 11 is 0. The van der Waals surface area contributed by atoms with Gasteiger partial charge in [-0.2, -0.15) is 0 Å². The molecule has 1 atom stereocenters. The normalized spacial score (nSPS) is 12.9. The number of hydrazine groups is 1. The number of rotatable bonds is 6. The molecule has 0 fully saturated rings. The van der Waals surface area contributed by atoms with E-state index in [-0.39, 0.29) is 18.6 Å². The molecule has 2 aromatic carbocycles. The van der Waals surface area contributed by atoms with E-state index >= 15 is 0 Å². The minimum Gasteiger partial charge on any atom is -0.454 e. The molecule has 0 aromatic heterocycles. The maximum absolute atomic E-state index is 12.7. The summed E-state index contributed by atoms with van der Waals surface area (Å²) in [5.74, 6) is -0.156. The van der Waals surface area contributed by atoms with E-state index in [2.05, 4.69) is 16.2 Å². The molecule has 8 heteroatoms. The number of fused-ring (bicyclic) bond motifs is 1. The largest absolute Gasteiger partial charge is 0.454 e. The number of hydrogen-bond donors (Lipinski definition) is 3. The standard InChI is InChI=1S/C22H25N3O5/c1-13(2)10-17(23-21(27)16-7-5-4-6-14(16)3)22(28)25-24-20(26)15-8-9-18-19(11-15)30-12-29-18/h4-9,11,13,17H,10,12H2,1-3H3,(H,23,27)(H,24,26)(H,25,28)/t17-/m0/s1. The third-order valence-corrected chi connectivity index (χ3v) is 4.65. The van der Waals surface area contributed by atoms with Crippen molar-refractivity contribution in [3.05, 3.63) is 59.2 Å². The molecule has 0 saturated heterocycles. The molecule has 0 saturated carbocycles. The highest BCUT2D eigenvalue weighted by molar-refractivity contribution is 6.00. The van der Waals surface area contributed by atoms with E-state index in [0.29, 0.717) is 29.0 Å². The summed E-state index contributed by atoms with van der Waals surface area (Å²) in [6, 6.07) is 11.1. The van der Waals surface area contributed by atoms with Gasteiger partial charge in [0.1, 0.15) is 6.04 Å². The Morgan fingerprint density at radius 3 is 2.43 bits per heavy atom. The number of carbonyl (C=O) groups is 3. The molecule has 158 valence electrons. The molecule has 3 N–H and O–H groups in total. The van der Waals surface area contributed by atoms with Crippen molar-refractivity contribution in [2.24, 2.45) is 5.92 Å². The van der Waals surface area contributed by atoms with E-state index in [9.17, 15) is 14.4 Å². The van der Waals surface area contributed by atoms with E-state index in [0.717, 1.165) is 5.56 Å². The first kappa shape index (κ1) is 21.2. The van der Waals surface area contributed by atoms with Gasteiger partial charge in [-0.25, -0.2) is 0 Å². The van der Waals surface area contributed by atoms with Crippen LogP contribution in [-0.4, -0.2) is 30.6 Å². The zero-order chi connectivity index (χ0) is 21.7.